The van der Waals surface area contributed by atoms with Crippen molar-refractivity contribution in [2.24, 2.45) is 5.73 Å². The number of unbranched alkanes of at least 4 members (excludes halogenated alkanes) is 1. The van der Waals surface area contributed by atoms with E-state index in [2.05, 4.69) is 10.6 Å². The zero-order valence-corrected chi connectivity index (χ0v) is 10.6. The van der Waals surface area contributed by atoms with Gasteiger partial charge in [0.15, 0.2) is 0 Å². The van der Waals surface area contributed by atoms with E-state index in [0.29, 0.717) is 13.2 Å². The molecule has 2 amide bonds. The average Bonchev–Trinajstić information content (AvgIpc) is 2.30. The molecule has 0 bridgehead atoms. The number of hydrogen-bond donors (Lipinski definition) is 3. The van der Waals surface area contributed by atoms with Crippen molar-refractivity contribution in [3.8, 4) is 0 Å². The van der Waals surface area contributed by atoms with Crippen LogP contribution < -0.4 is 16.4 Å². The van der Waals surface area contributed by atoms with Gasteiger partial charge in [0.1, 0.15) is 0 Å². The number of ether oxygens (including phenoxy) is 1. The van der Waals surface area contributed by atoms with Gasteiger partial charge in [0.05, 0.1) is 19.2 Å². The first-order chi connectivity index (χ1) is 8.06. The van der Waals surface area contributed by atoms with E-state index < -0.39 is 0 Å². The van der Waals surface area contributed by atoms with E-state index in [1.165, 1.54) is 0 Å². The lowest BCUT2D eigenvalue weighted by atomic mass is 10.3. The Morgan fingerprint density at radius 1 is 1.18 bits per heavy atom. The lowest BCUT2D eigenvalue weighted by Crippen LogP contribution is -2.39. The van der Waals surface area contributed by atoms with Crippen LogP contribution >= 0.6 is 0 Å². The molecule has 0 rings (SSSR count). The summed E-state index contributed by atoms with van der Waals surface area (Å²) < 4.78 is 5.36. The van der Waals surface area contributed by atoms with Crippen molar-refractivity contribution in [2.45, 2.75) is 32.8 Å². The fourth-order valence-electron chi connectivity index (χ4n) is 1.09. The van der Waals surface area contributed by atoms with E-state index in [1.807, 2.05) is 13.8 Å². The molecule has 0 aromatic heterocycles. The molecule has 0 fully saturated rings. The zero-order chi connectivity index (χ0) is 13.1. The minimum Gasteiger partial charge on any atom is -0.379 e. The molecule has 100 valence electrons. The lowest BCUT2D eigenvalue weighted by molar-refractivity contribution is -0.125. The second-order valence-electron chi connectivity index (χ2n) is 3.96. The molecule has 17 heavy (non-hydrogen) atoms. The van der Waals surface area contributed by atoms with Crippen molar-refractivity contribution < 1.29 is 14.3 Å². The normalized spacial score (nSPS) is 10.4. The Labute approximate surface area is 102 Å². The summed E-state index contributed by atoms with van der Waals surface area (Å²) in [6.07, 6.45) is 2.02. The topological polar surface area (TPSA) is 93.5 Å². The maximum atomic E-state index is 11.2. The van der Waals surface area contributed by atoms with Gasteiger partial charge in [0.2, 0.25) is 11.8 Å². The van der Waals surface area contributed by atoms with Crippen LogP contribution in [0.25, 0.3) is 0 Å². The van der Waals surface area contributed by atoms with Gasteiger partial charge in [-0.2, -0.15) is 0 Å². The number of carbonyl (C=O) groups is 2. The predicted molar refractivity (Wildman–Crippen MR) is 65.4 cm³/mol. The molecule has 0 aliphatic rings. The van der Waals surface area contributed by atoms with E-state index >= 15 is 0 Å². The molecule has 0 aliphatic heterocycles. The molecular weight excluding hydrogens is 222 g/mol. The number of amides is 2. The minimum atomic E-state index is -0.328. The molecule has 0 saturated carbocycles. The summed E-state index contributed by atoms with van der Waals surface area (Å²) in [5.74, 6) is -0.526. The van der Waals surface area contributed by atoms with Crippen LogP contribution in [0.3, 0.4) is 0 Å². The van der Waals surface area contributed by atoms with Crippen LogP contribution in [0.1, 0.15) is 26.7 Å². The van der Waals surface area contributed by atoms with E-state index in [0.717, 1.165) is 12.8 Å². The third-order valence-electron chi connectivity index (χ3n) is 1.98. The van der Waals surface area contributed by atoms with Crippen LogP contribution in [0.2, 0.25) is 0 Å². The van der Waals surface area contributed by atoms with Crippen LogP contribution in [-0.4, -0.2) is 44.2 Å². The number of rotatable bonds is 9. The van der Waals surface area contributed by atoms with Gasteiger partial charge in [-0.1, -0.05) is 0 Å². The third-order valence-corrected chi connectivity index (χ3v) is 1.98. The first-order valence-corrected chi connectivity index (χ1v) is 5.91. The molecule has 0 spiro atoms. The highest BCUT2D eigenvalue weighted by Gasteiger charge is 2.02. The Kier molecular flexibility index (Phi) is 9.37. The van der Waals surface area contributed by atoms with Crippen molar-refractivity contribution >= 4 is 11.8 Å². The summed E-state index contributed by atoms with van der Waals surface area (Å²) in [7, 11) is 0. The van der Waals surface area contributed by atoms with Gasteiger partial charge >= 0.3 is 0 Å². The summed E-state index contributed by atoms with van der Waals surface area (Å²) in [6.45, 7) is 5.17. The van der Waals surface area contributed by atoms with Crippen LogP contribution in [-0.2, 0) is 14.3 Å². The lowest BCUT2D eigenvalue weighted by Gasteiger charge is -2.08. The Hall–Kier alpha value is -1.14. The van der Waals surface area contributed by atoms with Crippen molar-refractivity contribution in [1.29, 1.82) is 0 Å². The monoisotopic (exact) mass is 245 g/mol. The van der Waals surface area contributed by atoms with Gasteiger partial charge in [-0.05, 0) is 26.7 Å². The van der Waals surface area contributed by atoms with Crippen LogP contribution in [0.5, 0.6) is 0 Å². The molecule has 0 heterocycles. The molecule has 0 aromatic carbocycles. The first-order valence-electron chi connectivity index (χ1n) is 5.91. The molecule has 6 heteroatoms. The van der Waals surface area contributed by atoms with Gasteiger partial charge in [0, 0.05) is 13.2 Å². The summed E-state index contributed by atoms with van der Waals surface area (Å²) in [6, 6.07) is 0. The Balaban J connectivity index is 3.30. The van der Waals surface area contributed by atoms with Crippen molar-refractivity contribution in [3.05, 3.63) is 0 Å². The molecule has 0 radical (unpaired) electrons. The van der Waals surface area contributed by atoms with Crippen LogP contribution in [0, 0.1) is 0 Å². The highest BCUT2D eigenvalue weighted by atomic mass is 16.5. The molecule has 0 aliphatic carbocycles. The van der Waals surface area contributed by atoms with Gasteiger partial charge in [-0.25, -0.2) is 0 Å². The average molecular weight is 245 g/mol. The second-order valence-corrected chi connectivity index (χ2v) is 3.96. The van der Waals surface area contributed by atoms with E-state index in [9.17, 15) is 9.59 Å². The standard InChI is InChI=1S/C11H23N3O3/c1-9(2)17-6-4-3-5-13-11(16)8-14-10(15)7-12/h9H,3-8,12H2,1-2H3,(H,13,16)(H,14,15). The molecule has 0 aromatic rings. The summed E-state index contributed by atoms with van der Waals surface area (Å²) in [5.41, 5.74) is 5.08. The second kappa shape index (κ2) is 10.0. The molecule has 0 atom stereocenters. The van der Waals surface area contributed by atoms with Gasteiger partial charge in [-0.3, -0.25) is 9.59 Å². The first kappa shape index (κ1) is 15.9. The van der Waals surface area contributed by atoms with Crippen molar-refractivity contribution in [2.75, 3.05) is 26.2 Å². The highest BCUT2D eigenvalue weighted by molar-refractivity contribution is 5.85. The van der Waals surface area contributed by atoms with Crippen molar-refractivity contribution in [3.63, 3.8) is 0 Å². The Bertz CT molecular complexity index is 232. The van der Waals surface area contributed by atoms with Gasteiger partial charge in [-0.15, -0.1) is 0 Å². The number of carbonyl (C=O) groups excluding carboxylic acids is 2. The maximum absolute atomic E-state index is 11.2. The molecule has 4 N–H and O–H groups in total. The molecule has 0 saturated heterocycles. The largest absolute Gasteiger partial charge is 0.379 e. The van der Waals surface area contributed by atoms with E-state index in [4.69, 9.17) is 10.5 Å². The fraction of sp³-hybridized carbons (Fsp3) is 0.818. The SMILES string of the molecule is CC(C)OCCCCNC(=O)CNC(=O)CN. The summed E-state index contributed by atoms with van der Waals surface area (Å²) >= 11 is 0. The summed E-state index contributed by atoms with van der Waals surface area (Å²) in [4.78, 5) is 22.0. The smallest absolute Gasteiger partial charge is 0.239 e. The Morgan fingerprint density at radius 3 is 2.47 bits per heavy atom. The predicted octanol–water partition coefficient (Wildman–Crippen LogP) is -0.617. The van der Waals surface area contributed by atoms with Crippen LogP contribution in [0.4, 0.5) is 0 Å². The third kappa shape index (κ3) is 11.1. The zero-order valence-electron chi connectivity index (χ0n) is 10.6. The number of hydrogen-bond acceptors (Lipinski definition) is 4. The van der Waals surface area contributed by atoms with E-state index in [1.54, 1.807) is 0 Å². The minimum absolute atomic E-state index is 0.0153. The van der Waals surface area contributed by atoms with Crippen LogP contribution in [0.15, 0.2) is 0 Å². The quantitative estimate of drug-likeness (QED) is 0.472. The number of nitrogens with one attached hydrogen (secondary N) is 2. The summed E-state index contributed by atoms with van der Waals surface area (Å²) in [5, 5.41) is 5.10. The van der Waals surface area contributed by atoms with Gasteiger partial charge < -0.3 is 21.1 Å². The van der Waals surface area contributed by atoms with Crippen molar-refractivity contribution in [1.82, 2.24) is 10.6 Å². The molecular formula is C11H23N3O3. The molecule has 6 nitrogen and oxygen atoms in total. The highest BCUT2D eigenvalue weighted by Crippen LogP contribution is 1.93. The maximum Gasteiger partial charge on any atom is 0.239 e. The van der Waals surface area contributed by atoms with E-state index in [-0.39, 0.29) is 31.0 Å². The van der Waals surface area contributed by atoms with Gasteiger partial charge in [0.25, 0.3) is 0 Å². The molecule has 0 unspecified atom stereocenters. The fourth-order valence-corrected chi connectivity index (χ4v) is 1.09. The Morgan fingerprint density at radius 2 is 1.88 bits per heavy atom. The number of nitrogens with two attached hydrogens (primary N) is 1.